The van der Waals surface area contributed by atoms with Crippen LogP contribution < -0.4 is 23.8 Å². The number of pyridine rings is 1. The first kappa shape index (κ1) is 23.1. The van der Waals surface area contributed by atoms with Gasteiger partial charge in [-0.05, 0) is 48.1 Å². The van der Waals surface area contributed by atoms with E-state index in [9.17, 15) is 0 Å². The van der Waals surface area contributed by atoms with Crippen molar-refractivity contribution < 1.29 is 18.9 Å². The van der Waals surface area contributed by atoms with Crippen LogP contribution in [0.1, 0.15) is 25.5 Å². The van der Waals surface area contributed by atoms with Crippen LogP contribution in [0.5, 0.6) is 23.0 Å². The average Bonchev–Trinajstić information content (AvgIpc) is 2.72. The van der Waals surface area contributed by atoms with Crippen molar-refractivity contribution in [3.63, 3.8) is 0 Å². The summed E-state index contributed by atoms with van der Waals surface area (Å²) in [6.45, 7) is 2.60. The van der Waals surface area contributed by atoms with E-state index in [1.807, 2.05) is 51.6 Å². The molecule has 0 aliphatic heterocycles. The molecule has 6 nitrogen and oxygen atoms in total. The molecule has 0 spiro atoms. The molecule has 0 aliphatic rings. The summed E-state index contributed by atoms with van der Waals surface area (Å²) in [5, 5.41) is 2.20. The van der Waals surface area contributed by atoms with Gasteiger partial charge in [0, 0.05) is 31.9 Å². The number of methoxy groups -OCH3 is 3. The second-order valence-corrected chi connectivity index (χ2v) is 6.84. The summed E-state index contributed by atoms with van der Waals surface area (Å²) < 4.78 is 22.3. The SMILES string of the molecule is C.CCOc1ccc2c(Cc3cc(OC)c(OC)c(OC)c3)cncc2c1N(C)C. The number of ether oxygens (including phenoxy) is 4. The highest BCUT2D eigenvalue weighted by molar-refractivity contribution is 5.98. The van der Waals surface area contributed by atoms with Crippen LogP contribution in [0.3, 0.4) is 0 Å². The van der Waals surface area contributed by atoms with Crippen molar-refractivity contribution in [2.45, 2.75) is 20.8 Å². The number of hydrogen-bond donors (Lipinski definition) is 0. The molecule has 0 atom stereocenters. The fourth-order valence-electron chi connectivity index (χ4n) is 3.60. The zero-order chi connectivity index (χ0) is 21.0. The molecule has 0 aliphatic carbocycles. The van der Waals surface area contributed by atoms with E-state index < -0.39 is 0 Å². The molecule has 0 fully saturated rings. The number of nitrogens with zero attached hydrogens (tertiary/aromatic N) is 2. The van der Waals surface area contributed by atoms with Crippen molar-refractivity contribution in [2.24, 2.45) is 0 Å². The van der Waals surface area contributed by atoms with Crippen molar-refractivity contribution >= 4 is 16.5 Å². The minimum absolute atomic E-state index is 0. The molecule has 6 heteroatoms. The van der Waals surface area contributed by atoms with E-state index in [4.69, 9.17) is 18.9 Å². The lowest BCUT2D eigenvalue weighted by Crippen LogP contribution is -2.12. The van der Waals surface area contributed by atoms with Gasteiger partial charge in [0.15, 0.2) is 11.5 Å². The van der Waals surface area contributed by atoms with Crippen molar-refractivity contribution in [2.75, 3.05) is 46.9 Å². The van der Waals surface area contributed by atoms with Gasteiger partial charge in [-0.3, -0.25) is 4.98 Å². The topological polar surface area (TPSA) is 53.1 Å². The summed E-state index contributed by atoms with van der Waals surface area (Å²) in [6.07, 6.45) is 4.49. The highest BCUT2D eigenvalue weighted by Gasteiger charge is 2.16. The molecule has 0 N–H and O–H groups in total. The molecule has 3 aromatic rings. The number of anilines is 1. The fourth-order valence-corrected chi connectivity index (χ4v) is 3.60. The van der Waals surface area contributed by atoms with Crippen LogP contribution in [-0.2, 0) is 6.42 Å². The van der Waals surface area contributed by atoms with Crippen LogP contribution in [0, 0.1) is 0 Å². The number of aromatic nitrogens is 1. The Balaban J connectivity index is 0.00000320. The summed E-state index contributed by atoms with van der Waals surface area (Å²) in [5.41, 5.74) is 3.20. The third-order valence-corrected chi connectivity index (χ3v) is 4.83. The van der Waals surface area contributed by atoms with Crippen LogP contribution in [0.25, 0.3) is 10.8 Å². The smallest absolute Gasteiger partial charge is 0.203 e. The monoisotopic (exact) mass is 412 g/mol. The molecular weight excluding hydrogens is 380 g/mol. The van der Waals surface area contributed by atoms with Crippen LogP contribution in [-0.4, -0.2) is 47.0 Å². The van der Waals surface area contributed by atoms with Crippen molar-refractivity contribution in [1.29, 1.82) is 0 Å². The predicted octanol–water partition coefficient (Wildman–Crippen LogP) is 4.95. The zero-order valence-electron chi connectivity index (χ0n) is 17.9. The third kappa shape index (κ3) is 4.37. The third-order valence-electron chi connectivity index (χ3n) is 4.83. The minimum Gasteiger partial charge on any atom is -0.493 e. The minimum atomic E-state index is 0. The Hall–Kier alpha value is -3.15. The lowest BCUT2D eigenvalue weighted by molar-refractivity contribution is 0.324. The second kappa shape index (κ2) is 10.1. The summed E-state index contributed by atoms with van der Waals surface area (Å²) >= 11 is 0. The Morgan fingerprint density at radius 1 is 0.867 bits per heavy atom. The highest BCUT2D eigenvalue weighted by Crippen LogP contribution is 2.40. The maximum Gasteiger partial charge on any atom is 0.203 e. The van der Waals surface area contributed by atoms with E-state index >= 15 is 0 Å². The number of benzene rings is 2. The number of hydrogen-bond acceptors (Lipinski definition) is 6. The summed E-state index contributed by atoms with van der Waals surface area (Å²) in [6, 6.07) is 8.07. The van der Waals surface area contributed by atoms with E-state index in [0.29, 0.717) is 30.3 Å². The Labute approximate surface area is 179 Å². The second-order valence-electron chi connectivity index (χ2n) is 6.84. The quantitative estimate of drug-likeness (QED) is 0.522. The number of rotatable bonds is 8. The summed E-state index contributed by atoms with van der Waals surface area (Å²) in [4.78, 5) is 6.57. The van der Waals surface area contributed by atoms with Crippen molar-refractivity contribution in [3.8, 4) is 23.0 Å². The van der Waals surface area contributed by atoms with Gasteiger partial charge in [0.2, 0.25) is 5.75 Å². The summed E-state index contributed by atoms with van der Waals surface area (Å²) in [5.74, 6) is 2.73. The van der Waals surface area contributed by atoms with Crippen LogP contribution >= 0.6 is 0 Å². The first-order valence-corrected chi connectivity index (χ1v) is 9.52. The Morgan fingerprint density at radius 3 is 2.07 bits per heavy atom. The normalized spacial score (nSPS) is 10.3. The molecule has 162 valence electrons. The largest absolute Gasteiger partial charge is 0.493 e. The van der Waals surface area contributed by atoms with Crippen LogP contribution in [0.4, 0.5) is 5.69 Å². The molecule has 1 aromatic heterocycles. The zero-order valence-corrected chi connectivity index (χ0v) is 17.9. The van der Waals surface area contributed by atoms with E-state index in [1.54, 1.807) is 21.3 Å². The molecule has 0 amide bonds. The van der Waals surface area contributed by atoms with Crippen molar-refractivity contribution in [3.05, 3.63) is 47.8 Å². The van der Waals surface area contributed by atoms with Gasteiger partial charge < -0.3 is 23.8 Å². The molecule has 0 saturated carbocycles. The van der Waals surface area contributed by atoms with Gasteiger partial charge in [0.1, 0.15) is 5.75 Å². The Morgan fingerprint density at radius 2 is 1.53 bits per heavy atom. The van der Waals surface area contributed by atoms with Gasteiger partial charge in [-0.2, -0.15) is 0 Å². The van der Waals surface area contributed by atoms with Gasteiger partial charge in [-0.15, -0.1) is 0 Å². The van der Waals surface area contributed by atoms with Gasteiger partial charge in [0.25, 0.3) is 0 Å². The van der Waals surface area contributed by atoms with E-state index in [-0.39, 0.29) is 7.43 Å². The first-order chi connectivity index (χ1) is 14.0. The van der Waals surface area contributed by atoms with E-state index in [0.717, 1.165) is 33.3 Å². The molecule has 3 rings (SSSR count). The lowest BCUT2D eigenvalue weighted by atomic mass is 9.99. The maximum absolute atomic E-state index is 5.83. The van der Waals surface area contributed by atoms with Gasteiger partial charge in [-0.25, -0.2) is 0 Å². The van der Waals surface area contributed by atoms with Gasteiger partial charge >= 0.3 is 0 Å². The molecule has 0 unspecified atom stereocenters. The standard InChI is InChI=1S/C23H28N2O4.CH4/c1-7-29-19-9-8-17-16(13-24-14-18(17)22(19)25(2)3)10-15-11-20(26-4)23(28-6)21(12-15)27-5;/h8-9,11-14H,7,10H2,1-6H3;1H4. The van der Waals surface area contributed by atoms with Gasteiger partial charge in [-0.1, -0.05) is 13.5 Å². The fraction of sp³-hybridized carbons (Fsp3) is 0.375. The van der Waals surface area contributed by atoms with Crippen LogP contribution in [0.2, 0.25) is 0 Å². The summed E-state index contributed by atoms with van der Waals surface area (Å²) in [7, 11) is 8.89. The maximum atomic E-state index is 5.83. The lowest BCUT2D eigenvalue weighted by Gasteiger charge is -2.21. The van der Waals surface area contributed by atoms with Crippen molar-refractivity contribution in [1.82, 2.24) is 4.98 Å². The number of fused-ring (bicyclic) bond motifs is 1. The predicted molar refractivity (Wildman–Crippen MR) is 123 cm³/mol. The average molecular weight is 413 g/mol. The molecule has 2 aromatic carbocycles. The molecule has 0 radical (unpaired) electrons. The molecule has 1 heterocycles. The first-order valence-electron chi connectivity index (χ1n) is 9.52. The molecule has 0 bridgehead atoms. The molecule has 30 heavy (non-hydrogen) atoms. The van der Waals surface area contributed by atoms with E-state index in [2.05, 4.69) is 16.0 Å². The molecular formula is C24H32N2O4. The van der Waals surface area contributed by atoms with Crippen LogP contribution in [0.15, 0.2) is 36.7 Å². The Kier molecular flexibility index (Phi) is 7.75. The van der Waals surface area contributed by atoms with Gasteiger partial charge in [0.05, 0.1) is 33.6 Å². The molecule has 0 saturated heterocycles. The Bertz CT molecular complexity index is 977. The van der Waals surface area contributed by atoms with E-state index in [1.165, 1.54) is 0 Å². The highest BCUT2D eigenvalue weighted by atomic mass is 16.5.